The molecule has 4 nitrogen and oxygen atoms in total. The standard InChI is InChI=1S/C9H9Cl2NO3/c1-15-9-7(10)2-6(3-8(9)11)4-12(14)5-13/h2-3,5,14H,4H2,1H3. The Morgan fingerprint density at radius 3 is 2.40 bits per heavy atom. The van der Waals surface area contributed by atoms with Gasteiger partial charge in [-0.15, -0.1) is 0 Å². The van der Waals surface area contributed by atoms with Gasteiger partial charge in [-0.2, -0.15) is 0 Å². The third kappa shape index (κ3) is 2.99. The van der Waals surface area contributed by atoms with Crippen LogP contribution in [0.25, 0.3) is 0 Å². The van der Waals surface area contributed by atoms with Crippen LogP contribution in [0.5, 0.6) is 5.75 Å². The molecule has 0 atom stereocenters. The van der Waals surface area contributed by atoms with Gasteiger partial charge in [0.15, 0.2) is 5.75 Å². The minimum Gasteiger partial charge on any atom is -0.494 e. The number of hydrogen-bond acceptors (Lipinski definition) is 3. The molecule has 1 rings (SSSR count). The van der Waals surface area contributed by atoms with Crippen molar-refractivity contribution in [2.24, 2.45) is 0 Å². The first-order valence-electron chi connectivity index (χ1n) is 4.01. The number of benzene rings is 1. The molecule has 0 aliphatic heterocycles. The van der Waals surface area contributed by atoms with Crippen LogP contribution < -0.4 is 4.74 Å². The molecule has 0 unspecified atom stereocenters. The van der Waals surface area contributed by atoms with Crippen molar-refractivity contribution in [3.05, 3.63) is 27.7 Å². The third-order valence-corrected chi connectivity index (χ3v) is 2.29. The van der Waals surface area contributed by atoms with E-state index in [1.807, 2.05) is 0 Å². The lowest BCUT2D eigenvalue weighted by molar-refractivity contribution is -0.152. The Hall–Kier alpha value is -0.970. The number of hydroxylamine groups is 2. The van der Waals surface area contributed by atoms with E-state index in [-0.39, 0.29) is 6.54 Å². The fraction of sp³-hybridized carbons (Fsp3) is 0.222. The van der Waals surface area contributed by atoms with E-state index < -0.39 is 0 Å². The van der Waals surface area contributed by atoms with E-state index in [2.05, 4.69) is 0 Å². The second-order valence-corrected chi connectivity index (χ2v) is 3.61. The van der Waals surface area contributed by atoms with Crippen LogP contribution in [0.1, 0.15) is 5.56 Å². The largest absolute Gasteiger partial charge is 0.494 e. The minimum absolute atomic E-state index is 0.0208. The van der Waals surface area contributed by atoms with Gasteiger partial charge in [0.2, 0.25) is 6.41 Å². The van der Waals surface area contributed by atoms with Crippen LogP contribution in [0, 0.1) is 0 Å². The van der Waals surface area contributed by atoms with Crippen molar-refractivity contribution >= 4 is 29.6 Å². The lowest BCUT2D eigenvalue weighted by atomic mass is 10.2. The van der Waals surface area contributed by atoms with E-state index in [1.54, 1.807) is 12.1 Å². The highest BCUT2D eigenvalue weighted by molar-refractivity contribution is 6.37. The fourth-order valence-electron chi connectivity index (χ4n) is 1.12. The maximum absolute atomic E-state index is 10.2. The van der Waals surface area contributed by atoms with E-state index in [0.717, 1.165) is 0 Å². The van der Waals surface area contributed by atoms with E-state index in [1.165, 1.54) is 7.11 Å². The van der Waals surface area contributed by atoms with E-state index in [9.17, 15) is 4.79 Å². The monoisotopic (exact) mass is 249 g/mol. The van der Waals surface area contributed by atoms with Crippen LogP contribution in [-0.4, -0.2) is 23.8 Å². The average Bonchev–Trinajstić information content (AvgIpc) is 2.17. The zero-order valence-electron chi connectivity index (χ0n) is 7.91. The quantitative estimate of drug-likeness (QED) is 0.507. The molecule has 82 valence electrons. The van der Waals surface area contributed by atoms with Crippen LogP contribution in [0.4, 0.5) is 0 Å². The molecule has 0 radical (unpaired) electrons. The lowest BCUT2D eigenvalue weighted by Gasteiger charge is -2.11. The molecule has 0 aliphatic carbocycles. The molecule has 0 fully saturated rings. The van der Waals surface area contributed by atoms with E-state index >= 15 is 0 Å². The summed E-state index contributed by atoms with van der Waals surface area (Å²) in [6.45, 7) is 0.0208. The van der Waals surface area contributed by atoms with Crippen LogP contribution in [-0.2, 0) is 11.3 Å². The molecule has 1 aromatic rings. The Morgan fingerprint density at radius 1 is 1.47 bits per heavy atom. The summed E-state index contributed by atoms with van der Waals surface area (Å²) in [5.74, 6) is 0.373. The summed E-state index contributed by atoms with van der Waals surface area (Å²) in [6, 6.07) is 3.14. The molecule has 1 aromatic carbocycles. The molecule has 0 spiro atoms. The number of halogens is 2. The van der Waals surface area contributed by atoms with Crippen molar-refractivity contribution in [3.8, 4) is 5.75 Å². The average molecular weight is 250 g/mol. The Labute approximate surface area is 96.9 Å². The zero-order valence-corrected chi connectivity index (χ0v) is 9.42. The van der Waals surface area contributed by atoms with Gasteiger partial charge in [0, 0.05) is 0 Å². The van der Waals surface area contributed by atoms with Gasteiger partial charge in [0.25, 0.3) is 0 Å². The predicted octanol–water partition coefficient (Wildman–Crippen LogP) is 2.35. The molecular formula is C9H9Cl2NO3. The van der Waals surface area contributed by atoms with Gasteiger partial charge >= 0.3 is 0 Å². The summed E-state index contributed by atoms with van der Waals surface area (Å²) >= 11 is 11.7. The Morgan fingerprint density at radius 2 is 2.00 bits per heavy atom. The summed E-state index contributed by atoms with van der Waals surface area (Å²) < 4.78 is 4.95. The normalized spacial score (nSPS) is 9.87. The first-order valence-corrected chi connectivity index (χ1v) is 4.76. The van der Waals surface area contributed by atoms with E-state index in [4.69, 9.17) is 33.1 Å². The number of amides is 1. The second kappa shape index (κ2) is 5.21. The Bertz CT molecular complexity index is 347. The molecular weight excluding hydrogens is 241 g/mol. The van der Waals surface area contributed by atoms with Crippen LogP contribution in [0.15, 0.2) is 12.1 Å². The number of hydrogen-bond donors (Lipinski definition) is 1. The Balaban J connectivity index is 2.98. The van der Waals surface area contributed by atoms with Crippen molar-refractivity contribution in [3.63, 3.8) is 0 Å². The van der Waals surface area contributed by atoms with Crippen molar-refractivity contribution in [1.29, 1.82) is 0 Å². The molecule has 1 N–H and O–H groups in total. The predicted molar refractivity (Wildman–Crippen MR) is 56.4 cm³/mol. The lowest BCUT2D eigenvalue weighted by Crippen LogP contribution is -2.15. The summed E-state index contributed by atoms with van der Waals surface area (Å²) in [5, 5.41) is 10.1. The van der Waals surface area contributed by atoms with Gasteiger partial charge in [-0.25, -0.2) is 5.06 Å². The SMILES string of the molecule is COc1c(Cl)cc(CN(O)C=O)cc1Cl. The summed E-state index contributed by atoms with van der Waals surface area (Å²) in [4.78, 5) is 10.2. The molecule has 15 heavy (non-hydrogen) atoms. The minimum atomic E-state index is 0.0208. The highest BCUT2D eigenvalue weighted by Gasteiger charge is 2.09. The van der Waals surface area contributed by atoms with Crippen molar-refractivity contribution in [2.75, 3.05) is 7.11 Å². The number of rotatable bonds is 4. The number of methoxy groups -OCH3 is 1. The summed E-state index contributed by atoms with van der Waals surface area (Å²) in [5.41, 5.74) is 0.611. The number of ether oxygens (including phenoxy) is 1. The van der Waals surface area contributed by atoms with Gasteiger partial charge in [-0.05, 0) is 17.7 Å². The topological polar surface area (TPSA) is 49.8 Å². The smallest absolute Gasteiger partial charge is 0.233 e. The molecule has 0 saturated heterocycles. The van der Waals surface area contributed by atoms with E-state index in [0.29, 0.717) is 32.8 Å². The number of carbonyl (C=O) groups is 1. The second-order valence-electron chi connectivity index (χ2n) is 2.80. The summed E-state index contributed by atoms with van der Waals surface area (Å²) in [6.07, 6.45) is 0.298. The Kier molecular flexibility index (Phi) is 4.20. The first kappa shape index (κ1) is 12.1. The number of nitrogens with zero attached hydrogens (tertiary/aromatic N) is 1. The molecule has 6 heteroatoms. The molecule has 0 aromatic heterocycles. The zero-order chi connectivity index (χ0) is 11.4. The molecule has 0 bridgehead atoms. The maximum Gasteiger partial charge on any atom is 0.233 e. The third-order valence-electron chi connectivity index (χ3n) is 1.73. The highest BCUT2D eigenvalue weighted by Crippen LogP contribution is 2.33. The van der Waals surface area contributed by atoms with Gasteiger partial charge in [-0.1, -0.05) is 23.2 Å². The maximum atomic E-state index is 10.2. The van der Waals surface area contributed by atoms with Gasteiger partial charge in [-0.3, -0.25) is 10.0 Å². The van der Waals surface area contributed by atoms with Crippen molar-refractivity contribution < 1.29 is 14.7 Å². The van der Waals surface area contributed by atoms with Crippen LogP contribution in [0.3, 0.4) is 0 Å². The molecule has 0 heterocycles. The van der Waals surface area contributed by atoms with Crippen molar-refractivity contribution in [1.82, 2.24) is 5.06 Å². The fourth-order valence-corrected chi connectivity index (χ4v) is 1.81. The van der Waals surface area contributed by atoms with Gasteiger partial charge in [0.1, 0.15) is 0 Å². The number of carbonyl (C=O) groups excluding carboxylic acids is 1. The van der Waals surface area contributed by atoms with Crippen molar-refractivity contribution in [2.45, 2.75) is 6.54 Å². The van der Waals surface area contributed by atoms with Crippen LogP contribution >= 0.6 is 23.2 Å². The van der Waals surface area contributed by atoms with Gasteiger partial charge in [0.05, 0.1) is 23.7 Å². The van der Waals surface area contributed by atoms with Gasteiger partial charge < -0.3 is 4.74 Å². The molecule has 0 saturated carbocycles. The highest BCUT2D eigenvalue weighted by atomic mass is 35.5. The molecule has 0 aliphatic rings. The van der Waals surface area contributed by atoms with Crippen LogP contribution in [0.2, 0.25) is 10.0 Å². The summed E-state index contributed by atoms with van der Waals surface area (Å²) in [7, 11) is 1.45. The first-order chi connectivity index (χ1) is 7.08. The molecule has 1 amide bonds.